The van der Waals surface area contributed by atoms with Gasteiger partial charge in [0.25, 0.3) is 0 Å². The fourth-order valence-electron chi connectivity index (χ4n) is 3.41. The maximum absolute atomic E-state index is 11.9. The predicted molar refractivity (Wildman–Crippen MR) is 156 cm³/mol. The summed E-state index contributed by atoms with van der Waals surface area (Å²) in [4.78, 5) is 23.5. The van der Waals surface area contributed by atoms with Crippen molar-refractivity contribution in [3.8, 4) is 22.3 Å². The number of alkyl halides is 4. The van der Waals surface area contributed by atoms with E-state index < -0.39 is 9.67 Å². The molecule has 0 amide bonds. The minimum absolute atomic E-state index is 0.314. The van der Waals surface area contributed by atoms with Crippen LogP contribution >= 0.6 is 70.5 Å². The third kappa shape index (κ3) is 7.55. The van der Waals surface area contributed by atoms with E-state index in [2.05, 4.69) is 0 Å². The first-order valence-electron chi connectivity index (χ1n) is 10.9. The third-order valence-corrected chi connectivity index (χ3v) is 7.64. The van der Waals surface area contributed by atoms with Crippen molar-refractivity contribution in [3.63, 3.8) is 0 Å². The van der Waals surface area contributed by atoms with Gasteiger partial charge in [0.15, 0.2) is 21.2 Å². The van der Waals surface area contributed by atoms with Crippen LogP contribution in [0.2, 0.25) is 0 Å². The summed E-state index contributed by atoms with van der Waals surface area (Å²) in [5, 5.41) is 0. The van der Waals surface area contributed by atoms with Gasteiger partial charge < -0.3 is 0 Å². The SMILES string of the molecule is O=C(c1ccc(-c2ccc(SOSc3ccc(-c4ccc(C(=O)C(Cl)Cl)cc4)cc3)cc2)cc1)C(Cl)Cl. The van der Waals surface area contributed by atoms with Crippen molar-refractivity contribution >= 4 is 82.1 Å². The molecule has 0 spiro atoms. The molecule has 3 nitrogen and oxygen atoms in total. The molecule has 0 heterocycles. The largest absolute Gasteiger partial charge is 0.291 e. The van der Waals surface area contributed by atoms with Gasteiger partial charge in [-0.25, -0.2) is 3.63 Å². The van der Waals surface area contributed by atoms with Gasteiger partial charge in [0, 0.05) is 45.0 Å². The molecule has 0 bridgehead atoms. The molecule has 4 aromatic carbocycles. The van der Waals surface area contributed by atoms with Crippen LogP contribution < -0.4 is 0 Å². The summed E-state index contributed by atoms with van der Waals surface area (Å²) < 4.78 is 5.73. The van der Waals surface area contributed by atoms with E-state index in [0.29, 0.717) is 11.1 Å². The number of ketones is 2. The number of benzene rings is 4. The van der Waals surface area contributed by atoms with Crippen molar-refractivity contribution in [1.82, 2.24) is 0 Å². The third-order valence-electron chi connectivity index (χ3n) is 5.37. The molecule has 4 aromatic rings. The summed E-state index contributed by atoms with van der Waals surface area (Å²) in [6.45, 7) is 0. The second kappa shape index (κ2) is 13.2. The van der Waals surface area contributed by atoms with Crippen LogP contribution in [0.15, 0.2) is 107 Å². The Labute approximate surface area is 243 Å². The number of halogens is 4. The van der Waals surface area contributed by atoms with Crippen LogP contribution in [0.25, 0.3) is 22.3 Å². The lowest BCUT2D eigenvalue weighted by atomic mass is 10.0. The maximum atomic E-state index is 11.9. The molecule has 0 saturated carbocycles. The van der Waals surface area contributed by atoms with Crippen molar-refractivity contribution in [3.05, 3.63) is 108 Å². The molecule has 0 unspecified atom stereocenters. The van der Waals surface area contributed by atoms with Crippen LogP contribution in [0.4, 0.5) is 0 Å². The summed E-state index contributed by atoms with van der Waals surface area (Å²) in [6.07, 6.45) is 0. The molecular formula is C28H18Cl4O3S2. The van der Waals surface area contributed by atoms with Gasteiger partial charge >= 0.3 is 0 Å². The number of carbonyl (C=O) groups is 2. The molecule has 4 rings (SSSR count). The van der Waals surface area contributed by atoms with Crippen LogP contribution in [-0.2, 0) is 3.63 Å². The van der Waals surface area contributed by atoms with Gasteiger partial charge in [0.05, 0.1) is 0 Å². The van der Waals surface area contributed by atoms with E-state index in [1.165, 1.54) is 24.1 Å². The molecule has 0 atom stereocenters. The van der Waals surface area contributed by atoms with Gasteiger partial charge in [0.1, 0.15) is 0 Å². The van der Waals surface area contributed by atoms with Gasteiger partial charge in [-0.3, -0.25) is 9.59 Å². The normalized spacial score (nSPS) is 11.2. The topological polar surface area (TPSA) is 43.4 Å². The van der Waals surface area contributed by atoms with Gasteiger partial charge in [-0.05, 0) is 46.5 Å². The lowest BCUT2D eigenvalue weighted by molar-refractivity contribution is 0.0999. The average molecular weight is 608 g/mol. The van der Waals surface area contributed by atoms with Crippen LogP contribution in [0.1, 0.15) is 20.7 Å². The lowest BCUT2D eigenvalue weighted by Gasteiger charge is -2.07. The molecule has 188 valence electrons. The van der Waals surface area contributed by atoms with E-state index in [0.717, 1.165) is 32.0 Å². The standard InChI is InChI=1S/C28H18Cl4O3S2/c29-27(30)25(33)21-5-1-17(2-6-21)19-9-13-23(14-10-19)36-35-37-24-15-11-20(12-16-24)18-3-7-22(8-4-18)26(34)28(31)32/h1-16,27-28H. The van der Waals surface area contributed by atoms with Crippen molar-refractivity contribution in [2.24, 2.45) is 0 Å². The summed E-state index contributed by atoms with van der Waals surface area (Å²) in [5.41, 5.74) is 4.95. The van der Waals surface area contributed by atoms with Gasteiger partial charge in [0.2, 0.25) is 0 Å². The highest BCUT2D eigenvalue weighted by molar-refractivity contribution is 8.07. The fraction of sp³-hybridized carbons (Fsp3) is 0.0714. The van der Waals surface area contributed by atoms with Crippen molar-refractivity contribution in [2.75, 3.05) is 0 Å². The van der Waals surface area contributed by atoms with Gasteiger partial charge in [-0.1, -0.05) is 119 Å². The molecule has 0 aliphatic carbocycles. The zero-order chi connectivity index (χ0) is 26.4. The Kier molecular flexibility index (Phi) is 10.0. The molecule has 0 aromatic heterocycles. The first kappa shape index (κ1) is 28.1. The fourth-order valence-corrected chi connectivity index (χ4v) is 5.17. The van der Waals surface area contributed by atoms with Crippen molar-refractivity contribution in [2.45, 2.75) is 19.5 Å². The van der Waals surface area contributed by atoms with E-state index in [1.807, 2.05) is 72.8 Å². The molecular weight excluding hydrogens is 590 g/mol. The summed E-state index contributed by atoms with van der Waals surface area (Å²) in [7, 11) is 0. The molecule has 0 radical (unpaired) electrons. The second-order valence-electron chi connectivity index (χ2n) is 7.77. The summed E-state index contributed by atoms with van der Waals surface area (Å²) >= 11 is 25.2. The quantitative estimate of drug-likeness (QED) is 0.102. The van der Waals surface area contributed by atoms with E-state index in [1.54, 1.807) is 24.3 Å². The second-order valence-corrected chi connectivity index (χ2v) is 11.8. The van der Waals surface area contributed by atoms with Gasteiger partial charge in [-0.15, -0.1) is 0 Å². The number of hydrogen-bond donors (Lipinski definition) is 0. The van der Waals surface area contributed by atoms with Gasteiger partial charge in [-0.2, -0.15) is 0 Å². The highest BCUT2D eigenvalue weighted by Gasteiger charge is 2.15. The number of hydrogen-bond acceptors (Lipinski definition) is 5. The molecule has 9 heteroatoms. The van der Waals surface area contributed by atoms with Crippen LogP contribution in [-0.4, -0.2) is 21.2 Å². The summed E-state index contributed by atoms with van der Waals surface area (Å²) in [6, 6.07) is 30.2. The smallest absolute Gasteiger partial charge is 0.195 e. The number of carbonyl (C=O) groups excluding carboxylic acids is 2. The Balaban J connectivity index is 1.29. The Bertz CT molecular complexity index is 1250. The zero-order valence-corrected chi connectivity index (χ0v) is 23.6. The first-order chi connectivity index (χ1) is 17.8. The lowest BCUT2D eigenvalue weighted by Crippen LogP contribution is -2.07. The number of rotatable bonds is 10. The zero-order valence-electron chi connectivity index (χ0n) is 18.9. The molecule has 0 aliphatic heterocycles. The highest BCUT2D eigenvalue weighted by atomic mass is 35.5. The minimum atomic E-state index is -1.06. The molecule has 0 aliphatic rings. The Morgan fingerprint density at radius 1 is 0.486 bits per heavy atom. The minimum Gasteiger partial charge on any atom is -0.291 e. The van der Waals surface area contributed by atoms with E-state index >= 15 is 0 Å². The van der Waals surface area contributed by atoms with Crippen molar-refractivity contribution < 1.29 is 13.2 Å². The maximum Gasteiger partial charge on any atom is 0.195 e. The number of Topliss-reactive ketones (excluding diaryl/α,β-unsaturated/α-hetero) is 2. The van der Waals surface area contributed by atoms with E-state index in [9.17, 15) is 9.59 Å². The molecule has 0 N–H and O–H groups in total. The van der Waals surface area contributed by atoms with Crippen molar-refractivity contribution in [1.29, 1.82) is 0 Å². The highest BCUT2D eigenvalue weighted by Crippen LogP contribution is 2.32. The van der Waals surface area contributed by atoms with E-state index in [4.69, 9.17) is 50.0 Å². The molecule has 0 saturated heterocycles. The first-order valence-corrected chi connectivity index (χ1v) is 14.1. The summed E-state index contributed by atoms with van der Waals surface area (Å²) in [5.74, 6) is -0.628. The monoisotopic (exact) mass is 606 g/mol. The average Bonchev–Trinajstić information content (AvgIpc) is 2.93. The van der Waals surface area contributed by atoms with Crippen LogP contribution in [0.5, 0.6) is 0 Å². The Hall–Kier alpha value is -1.96. The molecule has 37 heavy (non-hydrogen) atoms. The Morgan fingerprint density at radius 2 is 0.757 bits per heavy atom. The predicted octanol–water partition coefficient (Wildman–Crippen LogP) is 9.72. The van der Waals surface area contributed by atoms with E-state index in [-0.39, 0.29) is 11.6 Å². The molecule has 0 fully saturated rings. The van der Waals surface area contributed by atoms with Crippen LogP contribution in [0, 0.1) is 0 Å². The Morgan fingerprint density at radius 3 is 1.03 bits per heavy atom. The van der Waals surface area contributed by atoms with Crippen LogP contribution in [0.3, 0.4) is 0 Å².